The lowest BCUT2D eigenvalue weighted by molar-refractivity contribution is -0.177. The molecular formula is C18H38O6. The lowest BCUT2D eigenvalue weighted by Crippen LogP contribution is -2.50. The zero-order valence-electron chi connectivity index (χ0n) is 16.1. The van der Waals surface area contributed by atoms with Crippen molar-refractivity contribution in [1.29, 1.82) is 0 Å². The molecule has 0 amide bonds. The van der Waals surface area contributed by atoms with Crippen LogP contribution in [0.25, 0.3) is 0 Å². The van der Waals surface area contributed by atoms with Crippen molar-refractivity contribution >= 4 is 0 Å². The summed E-state index contributed by atoms with van der Waals surface area (Å²) in [6, 6.07) is 0. The Labute approximate surface area is 147 Å². The first-order chi connectivity index (χ1) is 11.3. The molecule has 3 N–H and O–H groups in total. The van der Waals surface area contributed by atoms with E-state index in [9.17, 15) is 15.3 Å². The lowest BCUT2D eigenvalue weighted by atomic mass is 10.0. The second kappa shape index (κ2) is 13.0. The second-order valence-electron chi connectivity index (χ2n) is 6.55. The van der Waals surface area contributed by atoms with Crippen LogP contribution in [-0.4, -0.2) is 71.3 Å². The number of aliphatic hydroxyl groups excluding tert-OH is 3. The smallest absolute Gasteiger partial charge is 0.114 e. The fourth-order valence-corrected chi connectivity index (χ4v) is 1.94. The quantitative estimate of drug-likeness (QED) is 0.443. The molecule has 0 aromatic rings. The van der Waals surface area contributed by atoms with Crippen LogP contribution in [0.15, 0.2) is 0 Å². The van der Waals surface area contributed by atoms with Crippen molar-refractivity contribution in [3.63, 3.8) is 0 Å². The van der Waals surface area contributed by atoms with Crippen LogP contribution in [0, 0.1) is 0 Å². The van der Waals surface area contributed by atoms with Crippen molar-refractivity contribution in [3.8, 4) is 0 Å². The summed E-state index contributed by atoms with van der Waals surface area (Å²) >= 11 is 0. The number of ether oxygens (including phenoxy) is 3. The first-order valence-electron chi connectivity index (χ1n) is 9.19. The zero-order valence-corrected chi connectivity index (χ0v) is 16.1. The van der Waals surface area contributed by atoms with Gasteiger partial charge in [0, 0.05) is 0 Å². The molecular weight excluding hydrogens is 312 g/mol. The normalized spacial score (nSPS) is 20.9. The third-order valence-electron chi connectivity index (χ3n) is 4.33. The predicted octanol–water partition coefficient (Wildman–Crippen LogP) is 1.88. The van der Waals surface area contributed by atoms with E-state index in [4.69, 9.17) is 14.2 Å². The molecule has 0 heterocycles. The molecule has 0 aliphatic carbocycles. The van der Waals surface area contributed by atoms with Gasteiger partial charge in [-0.15, -0.1) is 0 Å². The average Bonchev–Trinajstić information content (AvgIpc) is 2.60. The van der Waals surface area contributed by atoms with E-state index in [0.717, 1.165) is 19.3 Å². The highest BCUT2D eigenvalue weighted by atomic mass is 16.5. The Morgan fingerprint density at radius 2 is 1.08 bits per heavy atom. The number of aliphatic hydroxyl groups is 3. The summed E-state index contributed by atoms with van der Waals surface area (Å²) in [7, 11) is 0. The van der Waals surface area contributed by atoms with Crippen LogP contribution in [0.5, 0.6) is 0 Å². The van der Waals surface area contributed by atoms with Crippen molar-refractivity contribution in [2.45, 2.75) is 104 Å². The van der Waals surface area contributed by atoms with Crippen molar-refractivity contribution in [2.24, 2.45) is 0 Å². The standard InChI is InChI=1S/C18H38O6/c1-7-12(4)22-10-15(19)17(21)18(24-14(6)9-3)16(20)11-23-13(5)8-2/h12-21H,7-11H2,1-6H3/t12?,13?,14?,15-,16+,17-,18-/m1/s1. The monoisotopic (exact) mass is 350 g/mol. The predicted molar refractivity (Wildman–Crippen MR) is 94.1 cm³/mol. The van der Waals surface area contributed by atoms with Gasteiger partial charge in [-0.05, 0) is 40.0 Å². The van der Waals surface area contributed by atoms with Gasteiger partial charge in [0.1, 0.15) is 24.4 Å². The molecule has 0 saturated heterocycles. The molecule has 0 bridgehead atoms. The molecule has 146 valence electrons. The van der Waals surface area contributed by atoms with Gasteiger partial charge in [-0.25, -0.2) is 0 Å². The fraction of sp³-hybridized carbons (Fsp3) is 1.00. The summed E-state index contributed by atoms with van der Waals surface area (Å²) in [4.78, 5) is 0. The maximum Gasteiger partial charge on any atom is 0.114 e. The first-order valence-corrected chi connectivity index (χ1v) is 9.19. The van der Waals surface area contributed by atoms with Gasteiger partial charge in [-0.2, -0.15) is 0 Å². The molecule has 0 aliphatic rings. The van der Waals surface area contributed by atoms with Gasteiger partial charge >= 0.3 is 0 Å². The summed E-state index contributed by atoms with van der Waals surface area (Å²) in [6.07, 6.45) is -2.09. The highest BCUT2D eigenvalue weighted by Crippen LogP contribution is 2.16. The molecule has 7 atom stereocenters. The number of hydrogen-bond donors (Lipinski definition) is 3. The summed E-state index contributed by atoms with van der Waals surface area (Å²) < 4.78 is 16.8. The van der Waals surface area contributed by atoms with Crippen LogP contribution in [0.1, 0.15) is 60.8 Å². The van der Waals surface area contributed by atoms with Crippen molar-refractivity contribution in [2.75, 3.05) is 13.2 Å². The van der Waals surface area contributed by atoms with Crippen molar-refractivity contribution < 1.29 is 29.5 Å². The Morgan fingerprint density at radius 1 is 0.667 bits per heavy atom. The molecule has 0 spiro atoms. The SMILES string of the molecule is CCC(C)OC[C@@H](O)[C@@H](O)[C@H](OC(C)CC)[C@@H](O)COC(C)CC. The van der Waals surface area contributed by atoms with E-state index in [1.54, 1.807) is 0 Å². The van der Waals surface area contributed by atoms with Gasteiger partial charge < -0.3 is 29.5 Å². The van der Waals surface area contributed by atoms with Crippen LogP contribution in [-0.2, 0) is 14.2 Å². The van der Waals surface area contributed by atoms with Gasteiger partial charge in [0.15, 0.2) is 0 Å². The van der Waals surface area contributed by atoms with Gasteiger partial charge in [0.05, 0.1) is 31.5 Å². The Balaban J connectivity index is 4.76. The van der Waals surface area contributed by atoms with E-state index in [1.807, 2.05) is 41.5 Å². The minimum absolute atomic E-state index is 0.000514. The highest BCUT2D eigenvalue weighted by Gasteiger charge is 2.34. The van der Waals surface area contributed by atoms with Crippen LogP contribution in [0.3, 0.4) is 0 Å². The first kappa shape index (κ1) is 23.8. The van der Waals surface area contributed by atoms with E-state index in [1.165, 1.54) is 0 Å². The minimum Gasteiger partial charge on any atom is -0.388 e. The van der Waals surface area contributed by atoms with Crippen molar-refractivity contribution in [3.05, 3.63) is 0 Å². The third-order valence-corrected chi connectivity index (χ3v) is 4.33. The Kier molecular flexibility index (Phi) is 12.9. The molecule has 0 rings (SSSR count). The molecule has 0 aromatic carbocycles. The molecule has 24 heavy (non-hydrogen) atoms. The summed E-state index contributed by atoms with van der Waals surface area (Å²) in [5, 5.41) is 31.0. The Bertz CT molecular complexity index is 301. The largest absolute Gasteiger partial charge is 0.388 e. The van der Waals surface area contributed by atoms with Crippen molar-refractivity contribution in [1.82, 2.24) is 0 Å². The summed E-state index contributed by atoms with van der Waals surface area (Å²) in [5.41, 5.74) is 0. The van der Waals surface area contributed by atoms with E-state index >= 15 is 0 Å². The molecule has 3 unspecified atom stereocenters. The lowest BCUT2D eigenvalue weighted by Gasteiger charge is -2.33. The maximum absolute atomic E-state index is 10.4. The molecule has 0 fully saturated rings. The topological polar surface area (TPSA) is 88.4 Å². The van der Waals surface area contributed by atoms with E-state index in [-0.39, 0.29) is 31.5 Å². The van der Waals surface area contributed by atoms with Crippen LogP contribution in [0.2, 0.25) is 0 Å². The van der Waals surface area contributed by atoms with E-state index < -0.39 is 24.4 Å². The molecule has 6 heteroatoms. The second-order valence-corrected chi connectivity index (χ2v) is 6.55. The summed E-state index contributed by atoms with van der Waals surface area (Å²) in [6.45, 7) is 11.7. The number of hydrogen-bond acceptors (Lipinski definition) is 6. The van der Waals surface area contributed by atoms with Gasteiger partial charge in [0.25, 0.3) is 0 Å². The molecule has 0 saturated carbocycles. The molecule has 0 radical (unpaired) electrons. The van der Waals surface area contributed by atoms with Gasteiger partial charge in [-0.3, -0.25) is 0 Å². The van der Waals surface area contributed by atoms with Crippen LogP contribution >= 0.6 is 0 Å². The number of rotatable bonds is 14. The Morgan fingerprint density at radius 3 is 1.50 bits per heavy atom. The van der Waals surface area contributed by atoms with E-state index in [0.29, 0.717) is 0 Å². The van der Waals surface area contributed by atoms with E-state index in [2.05, 4.69) is 0 Å². The third kappa shape index (κ3) is 9.30. The molecule has 0 aliphatic heterocycles. The molecule has 6 nitrogen and oxygen atoms in total. The highest BCUT2D eigenvalue weighted by molar-refractivity contribution is 4.83. The minimum atomic E-state index is -1.25. The van der Waals surface area contributed by atoms with Gasteiger partial charge in [-0.1, -0.05) is 20.8 Å². The zero-order chi connectivity index (χ0) is 18.7. The van der Waals surface area contributed by atoms with Gasteiger partial charge in [0.2, 0.25) is 0 Å². The fourth-order valence-electron chi connectivity index (χ4n) is 1.94. The average molecular weight is 350 g/mol. The summed E-state index contributed by atoms with van der Waals surface area (Å²) in [5.74, 6) is 0. The van der Waals surface area contributed by atoms with Crippen LogP contribution in [0.4, 0.5) is 0 Å². The molecule has 0 aromatic heterocycles. The maximum atomic E-state index is 10.4. The van der Waals surface area contributed by atoms with Crippen LogP contribution < -0.4 is 0 Å². The Hall–Kier alpha value is -0.240.